The Labute approximate surface area is 888 Å². The van der Waals surface area contributed by atoms with Crippen molar-refractivity contribution in [1.29, 1.82) is 0 Å². The topological polar surface area (TPSA) is 122 Å². The summed E-state index contributed by atoms with van der Waals surface area (Å²) in [5, 5.41) is 0. The quantitative estimate of drug-likeness (QED) is 0.0159. The Hall–Kier alpha value is -15.7. The Balaban J connectivity index is 0.741. The van der Waals surface area contributed by atoms with E-state index < -0.39 is 65.2 Å². The summed E-state index contributed by atoms with van der Waals surface area (Å²) in [5.41, 5.74) is 17.6. The number of hydrogen-bond acceptors (Lipinski definition) is 9. The number of ether oxygens (including phenoxy) is 4. The highest BCUT2D eigenvalue weighted by molar-refractivity contribution is 6.11. The van der Waals surface area contributed by atoms with Crippen molar-refractivity contribution in [2.24, 2.45) is 23.7 Å². The first-order valence-electron chi connectivity index (χ1n) is 54.0. The number of benzene rings is 17. The molecule has 0 heterocycles. The van der Waals surface area contributed by atoms with Gasteiger partial charge in [-0.2, -0.15) is 0 Å². The molecular weight excluding hydrogens is 1840 g/mol. The van der Waals surface area contributed by atoms with Crippen LogP contribution in [0.25, 0.3) is 0 Å². The van der Waals surface area contributed by atoms with Gasteiger partial charge in [-0.3, -0.25) is 24.0 Å². The lowest BCUT2D eigenvalue weighted by atomic mass is 9.67. The lowest BCUT2D eigenvalue weighted by Crippen LogP contribution is -2.39. The molecule has 0 bridgehead atoms. The predicted molar refractivity (Wildman–Crippen MR) is 606 cm³/mol. The van der Waals surface area contributed by atoms with Gasteiger partial charge < -0.3 is 18.9 Å². The van der Waals surface area contributed by atoms with Crippen LogP contribution in [0.4, 0.5) is 0 Å². The smallest absolute Gasteiger partial charge is 0.318 e. The van der Waals surface area contributed by atoms with Gasteiger partial charge in [0.2, 0.25) is 0 Å². The number of Topliss-reactive ketones (excluding diaryl/α,β-unsaturated/α-hetero) is 1. The minimum Gasteiger partial charge on any atom is -0.461 e. The summed E-state index contributed by atoms with van der Waals surface area (Å²) in [4.78, 5) is 80.6. The largest absolute Gasteiger partial charge is 0.461 e. The Morgan fingerprint density at radius 2 is 0.347 bits per heavy atom. The van der Waals surface area contributed by atoms with Gasteiger partial charge in [0.1, 0.15) is 32.3 Å². The first kappa shape index (κ1) is 106. The third kappa shape index (κ3) is 30.3. The lowest BCUT2D eigenvalue weighted by molar-refractivity contribution is -0.164. The third-order valence-electron chi connectivity index (χ3n) is 31.1. The van der Waals surface area contributed by atoms with Crippen LogP contribution in [0.1, 0.15) is 261 Å². The van der Waals surface area contributed by atoms with E-state index >= 15 is 24.0 Å². The Bertz CT molecular complexity index is 6820. The minimum atomic E-state index is -1.57. The van der Waals surface area contributed by atoms with Crippen LogP contribution in [-0.4, -0.2) is 29.7 Å². The first-order chi connectivity index (χ1) is 73.9. The molecule has 16 atom stereocenters. The highest BCUT2D eigenvalue weighted by Crippen LogP contribution is 2.53. The summed E-state index contributed by atoms with van der Waals surface area (Å²) in [5.74, 6) is -9.14. The Kier molecular flexibility index (Phi) is 39.4. The molecule has 0 saturated carbocycles. The zero-order valence-electron chi connectivity index (χ0n) is 86.0. The molecule has 17 aromatic carbocycles. The average Bonchev–Trinajstić information content (AvgIpc) is 0.781. The van der Waals surface area contributed by atoms with E-state index in [1.54, 1.807) is 24.3 Å². The van der Waals surface area contributed by atoms with Crippen LogP contribution < -0.4 is 0 Å². The van der Waals surface area contributed by atoms with Crippen LogP contribution in [0.3, 0.4) is 0 Å². The summed E-state index contributed by atoms with van der Waals surface area (Å²) in [6.07, 6.45) is 8.43. The molecule has 9 heteroatoms. The summed E-state index contributed by atoms with van der Waals surface area (Å²) in [6, 6.07) is 179. The summed E-state index contributed by atoms with van der Waals surface area (Å²) < 4.78 is 26.4. The molecule has 0 radical (unpaired) electrons. The summed E-state index contributed by atoms with van der Waals surface area (Å²) in [6.45, 7) is 2.16. The van der Waals surface area contributed by atoms with Crippen molar-refractivity contribution in [3.05, 3.63) is 610 Å². The van der Waals surface area contributed by atoms with Crippen molar-refractivity contribution in [2.45, 2.75) is 188 Å². The molecule has 0 aliphatic heterocycles. The maximum atomic E-state index is 17.0. The molecular formula is C141H138O9. The zero-order valence-corrected chi connectivity index (χ0v) is 86.0. The number of carbonyl (C=O) groups is 5. The van der Waals surface area contributed by atoms with Crippen molar-refractivity contribution in [3.8, 4) is 0 Å². The second-order valence-corrected chi connectivity index (χ2v) is 40.8. The van der Waals surface area contributed by atoms with E-state index in [4.69, 9.17) is 18.9 Å². The molecule has 0 aliphatic rings. The molecule has 0 saturated heterocycles. The standard InChI is InChI=1S/C141H138O9/c1-2-108(109-62-28-7-29-63-109)88-122(110-64-30-8-31-65-110)94-130(118-80-46-16-47-81-118)98-133(138(143)147-100-104-54-20-3-21-55-104)135(140(145)149-102-106-58-24-5-25-59-106)132(120-84-50-18-51-85-120)97-129(117-78-44-15-45-79-117)95-127(115-74-40-13-41-75-115)92-125(113-70-36-11-37-71-113)90-123(111-66-32-9-33-67-111)89-124(112-68-34-10-35-69-112)91-126(114-72-38-12-39-73-114)93-128(116-76-42-14-43-77-116)96-131(119-82-48-17-49-83-119)99-134(139(144)148-101-105-56-22-4-23-57-105)136(137(142)121-86-52-19-53-87-121)141(146)150-103-107-60-26-6-27-61-107/h3-87,108,122-136H,2,88-103H2,1H3. The number of esters is 4. The number of carbonyl (C=O) groups excluding carboxylic acids is 5. The van der Waals surface area contributed by atoms with Gasteiger partial charge in [-0.05, 0) is 244 Å². The first-order valence-corrected chi connectivity index (χ1v) is 54.0. The second-order valence-electron chi connectivity index (χ2n) is 40.8. The van der Waals surface area contributed by atoms with Crippen LogP contribution in [-0.2, 0) is 64.6 Å². The molecule has 16 unspecified atom stereocenters. The van der Waals surface area contributed by atoms with Crippen molar-refractivity contribution in [2.75, 3.05) is 0 Å². The maximum Gasteiger partial charge on any atom is 0.318 e. The lowest BCUT2D eigenvalue weighted by Gasteiger charge is -2.37. The molecule has 150 heavy (non-hydrogen) atoms. The highest BCUT2D eigenvalue weighted by atomic mass is 16.5. The van der Waals surface area contributed by atoms with E-state index in [1.165, 1.54) is 38.9 Å². The minimum absolute atomic E-state index is 0.00481. The van der Waals surface area contributed by atoms with Gasteiger partial charge in [0.05, 0.1) is 17.8 Å². The van der Waals surface area contributed by atoms with Gasteiger partial charge in [0.15, 0.2) is 5.78 Å². The Morgan fingerprint density at radius 1 is 0.173 bits per heavy atom. The summed E-state index contributed by atoms with van der Waals surface area (Å²) in [7, 11) is 0. The monoisotopic (exact) mass is 1980 g/mol. The summed E-state index contributed by atoms with van der Waals surface area (Å²) >= 11 is 0. The number of ketones is 1. The molecule has 0 aromatic heterocycles. The van der Waals surface area contributed by atoms with E-state index in [0.717, 1.165) is 88.6 Å². The molecule has 17 aromatic rings. The van der Waals surface area contributed by atoms with E-state index in [1.807, 2.05) is 152 Å². The highest BCUT2D eigenvalue weighted by Gasteiger charge is 2.48. The van der Waals surface area contributed by atoms with Crippen LogP contribution in [0.15, 0.2) is 516 Å². The van der Waals surface area contributed by atoms with Crippen LogP contribution in [0, 0.1) is 23.7 Å². The van der Waals surface area contributed by atoms with Crippen LogP contribution >= 0.6 is 0 Å². The van der Waals surface area contributed by atoms with Gasteiger partial charge in [0.25, 0.3) is 0 Å². The van der Waals surface area contributed by atoms with Crippen molar-refractivity contribution in [3.63, 3.8) is 0 Å². The maximum absolute atomic E-state index is 17.0. The molecule has 0 N–H and O–H groups in total. The second kappa shape index (κ2) is 55.9. The van der Waals surface area contributed by atoms with Crippen molar-refractivity contribution in [1.82, 2.24) is 0 Å². The third-order valence-corrected chi connectivity index (χ3v) is 31.1. The van der Waals surface area contributed by atoms with Gasteiger partial charge in [0, 0.05) is 5.56 Å². The molecule has 0 fully saturated rings. The SMILES string of the molecule is CCC(CC(CC(CC(C(=O)OCc1ccccc1)C(C(=O)OCc1ccccc1)C(CC(CC(CC(CC(CC(CC(CC(CC(CC(C(=O)OCc1ccccc1)C(C(=O)OCc1ccccc1)C(=O)c1ccccc1)c1ccccc1)c1ccccc1)c1ccccc1)c1ccccc1)c1ccccc1)c1ccccc1)c1ccccc1)c1ccccc1)c1ccccc1)c1ccccc1)c1ccccc1)c1ccccc1. The fourth-order valence-electron chi connectivity index (χ4n) is 23.3. The molecule has 0 spiro atoms. The molecule has 9 nitrogen and oxygen atoms in total. The van der Waals surface area contributed by atoms with E-state index in [-0.39, 0.29) is 92.0 Å². The van der Waals surface area contributed by atoms with Gasteiger partial charge in [-0.15, -0.1) is 0 Å². The average molecular weight is 1980 g/mol. The van der Waals surface area contributed by atoms with Gasteiger partial charge >= 0.3 is 23.9 Å². The van der Waals surface area contributed by atoms with Crippen LogP contribution in [0.2, 0.25) is 0 Å². The fourth-order valence-corrected chi connectivity index (χ4v) is 23.3. The van der Waals surface area contributed by atoms with E-state index in [0.29, 0.717) is 44.1 Å². The van der Waals surface area contributed by atoms with Gasteiger partial charge in [-0.1, -0.05) is 523 Å². The zero-order chi connectivity index (χ0) is 103. The van der Waals surface area contributed by atoms with E-state index in [2.05, 4.69) is 347 Å². The molecule has 0 amide bonds. The predicted octanol–water partition coefficient (Wildman–Crippen LogP) is 33.8. The van der Waals surface area contributed by atoms with E-state index in [9.17, 15) is 0 Å². The molecule has 756 valence electrons. The molecule has 0 aliphatic carbocycles. The normalized spacial score (nSPS) is 14.6. The van der Waals surface area contributed by atoms with Crippen LogP contribution in [0.5, 0.6) is 0 Å². The number of rotatable bonds is 54. The Morgan fingerprint density at radius 3 is 0.587 bits per heavy atom. The van der Waals surface area contributed by atoms with Crippen molar-refractivity contribution >= 4 is 29.7 Å². The van der Waals surface area contributed by atoms with Gasteiger partial charge in [-0.25, -0.2) is 0 Å². The van der Waals surface area contributed by atoms with Crippen molar-refractivity contribution < 1.29 is 42.9 Å². The molecule has 17 rings (SSSR count). The fraction of sp³-hybridized carbons (Fsp3) is 0.241. The number of hydrogen-bond donors (Lipinski definition) is 0.